The minimum Gasteiger partial charge on any atom is -0.397 e. The number of nitrogens with two attached hydrogens (primary N) is 1. The lowest BCUT2D eigenvalue weighted by Gasteiger charge is -1.99. The number of pyridine rings is 2. The lowest BCUT2D eigenvalue weighted by atomic mass is 10.3. The van der Waals surface area contributed by atoms with Crippen LogP contribution in [0.25, 0.3) is 11.0 Å². The standard InChI is InChI=1S/C8H6BrN3/c9-7-6(10)4-5-2-1-3-11-8(5)12-7/h1-4H,10H2. The molecule has 0 fully saturated rings. The van der Waals surface area contributed by atoms with E-state index in [0.717, 1.165) is 5.39 Å². The average molecular weight is 224 g/mol. The third-order valence-electron chi connectivity index (χ3n) is 1.57. The zero-order valence-electron chi connectivity index (χ0n) is 6.16. The summed E-state index contributed by atoms with van der Waals surface area (Å²) in [5.41, 5.74) is 6.99. The molecule has 2 aromatic heterocycles. The van der Waals surface area contributed by atoms with Gasteiger partial charge >= 0.3 is 0 Å². The minimum atomic E-state index is 0.635. The molecule has 0 atom stereocenters. The largest absolute Gasteiger partial charge is 0.397 e. The molecule has 4 heteroatoms. The topological polar surface area (TPSA) is 51.8 Å². The highest BCUT2D eigenvalue weighted by Crippen LogP contribution is 2.20. The molecular formula is C8H6BrN3. The number of aromatic nitrogens is 2. The van der Waals surface area contributed by atoms with E-state index in [0.29, 0.717) is 15.9 Å². The van der Waals surface area contributed by atoms with Crippen molar-refractivity contribution in [1.82, 2.24) is 9.97 Å². The van der Waals surface area contributed by atoms with Crippen molar-refractivity contribution in [1.29, 1.82) is 0 Å². The molecule has 2 rings (SSSR count). The van der Waals surface area contributed by atoms with E-state index in [1.807, 2.05) is 18.2 Å². The lowest BCUT2D eigenvalue weighted by molar-refractivity contribution is 1.26. The maximum atomic E-state index is 5.65. The number of anilines is 1. The molecule has 3 nitrogen and oxygen atoms in total. The van der Waals surface area contributed by atoms with Crippen LogP contribution in [0.5, 0.6) is 0 Å². The van der Waals surface area contributed by atoms with E-state index in [4.69, 9.17) is 5.73 Å². The Kier molecular flexibility index (Phi) is 1.69. The number of hydrogen-bond donors (Lipinski definition) is 1. The van der Waals surface area contributed by atoms with Crippen LogP contribution in [0, 0.1) is 0 Å². The zero-order chi connectivity index (χ0) is 8.55. The van der Waals surface area contributed by atoms with E-state index < -0.39 is 0 Å². The third-order valence-corrected chi connectivity index (χ3v) is 2.21. The third kappa shape index (κ3) is 1.14. The number of fused-ring (bicyclic) bond motifs is 1. The second-order valence-electron chi connectivity index (χ2n) is 2.42. The molecule has 0 aromatic carbocycles. The van der Waals surface area contributed by atoms with Gasteiger partial charge in [-0.3, -0.25) is 0 Å². The van der Waals surface area contributed by atoms with Crippen molar-refractivity contribution in [3.05, 3.63) is 29.0 Å². The van der Waals surface area contributed by atoms with Crippen molar-refractivity contribution < 1.29 is 0 Å². The SMILES string of the molecule is Nc1cc2cccnc2nc1Br. The molecule has 0 radical (unpaired) electrons. The van der Waals surface area contributed by atoms with Crippen molar-refractivity contribution in [2.45, 2.75) is 0 Å². The Balaban J connectivity index is 2.84. The number of rotatable bonds is 0. The molecule has 0 bridgehead atoms. The van der Waals surface area contributed by atoms with Gasteiger partial charge in [0.15, 0.2) is 5.65 Å². The van der Waals surface area contributed by atoms with E-state index in [9.17, 15) is 0 Å². The summed E-state index contributed by atoms with van der Waals surface area (Å²) in [5, 5.41) is 0.957. The van der Waals surface area contributed by atoms with Crippen LogP contribution < -0.4 is 5.73 Å². The van der Waals surface area contributed by atoms with Crippen LogP contribution in [-0.4, -0.2) is 9.97 Å². The van der Waals surface area contributed by atoms with Gasteiger partial charge in [-0.05, 0) is 34.1 Å². The Labute approximate surface area is 77.8 Å². The molecule has 2 N–H and O–H groups in total. The smallest absolute Gasteiger partial charge is 0.160 e. The summed E-state index contributed by atoms with van der Waals surface area (Å²) in [6.45, 7) is 0. The summed E-state index contributed by atoms with van der Waals surface area (Å²) in [6, 6.07) is 5.63. The number of hydrogen-bond acceptors (Lipinski definition) is 3. The van der Waals surface area contributed by atoms with E-state index in [2.05, 4.69) is 25.9 Å². The van der Waals surface area contributed by atoms with Gasteiger partial charge in [0, 0.05) is 11.6 Å². The van der Waals surface area contributed by atoms with Crippen molar-refractivity contribution in [3.63, 3.8) is 0 Å². The first-order valence-electron chi connectivity index (χ1n) is 3.44. The number of halogens is 1. The molecule has 0 spiro atoms. The molecule has 0 amide bonds. The van der Waals surface area contributed by atoms with Crippen LogP contribution in [0.1, 0.15) is 0 Å². The predicted octanol–water partition coefficient (Wildman–Crippen LogP) is 1.97. The van der Waals surface area contributed by atoms with Gasteiger partial charge in [-0.15, -0.1) is 0 Å². The van der Waals surface area contributed by atoms with Crippen LogP contribution in [0.15, 0.2) is 29.0 Å². The van der Waals surface area contributed by atoms with Crippen LogP contribution in [-0.2, 0) is 0 Å². The van der Waals surface area contributed by atoms with Gasteiger partial charge in [-0.25, -0.2) is 9.97 Å². The van der Waals surface area contributed by atoms with Crippen LogP contribution in [0.4, 0.5) is 5.69 Å². The Morgan fingerprint density at radius 2 is 2.25 bits per heavy atom. The van der Waals surface area contributed by atoms with Crippen LogP contribution in [0.3, 0.4) is 0 Å². The van der Waals surface area contributed by atoms with Crippen molar-refractivity contribution in [2.75, 3.05) is 5.73 Å². The first-order valence-corrected chi connectivity index (χ1v) is 4.23. The van der Waals surface area contributed by atoms with Crippen molar-refractivity contribution >= 4 is 32.7 Å². The number of nitrogen functional groups attached to an aromatic ring is 1. The zero-order valence-corrected chi connectivity index (χ0v) is 7.75. The van der Waals surface area contributed by atoms with Gasteiger partial charge in [0.05, 0.1) is 5.69 Å². The highest BCUT2D eigenvalue weighted by atomic mass is 79.9. The first-order chi connectivity index (χ1) is 5.77. The fraction of sp³-hybridized carbons (Fsp3) is 0. The molecule has 0 aliphatic heterocycles. The van der Waals surface area contributed by atoms with Crippen LogP contribution in [0.2, 0.25) is 0 Å². The fourth-order valence-electron chi connectivity index (χ4n) is 1.00. The van der Waals surface area contributed by atoms with E-state index in [1.54, 1.807) is 6.20 Å². The van der Waals surface area contributed by atoms with Gasteiger partial charge in [0.1, 0.15) is 4.60 Å². The van der Waals surface area contributed by atoms with Gasteiger partial charge < -0.3 is 5.73 Å². The van der Waals surface area contributed by atoms with Gasteiger partial charge in [0.25, 0.3) is 0 Å². The summed E-state index contributed by atoms with van der Waals surface area (Å²) in [7, 11) is 0. The van der Waals surface area contributed by atoms with Crippen molar-refractivity contribution in [3.8, 4) is 0 Å². The van der Waals surface area contributed by atoms with Crippen LogP contribution >= 0.6 is 15.9 Å². The fourth-order valence-corrected chi connectivity index (χ4v) is 1.28. The molecule has 2 heterocycles. The normalized spacial score (nSPS) is 10.4. The van der Waals surface area contributed by atoms with E-state index in [1.165, 1.54) is 0 Å². The highest BCUT2D eigenvalue weighted by Gasteiger charge is 2.00. The Hall–Kier alpha value is -1.16. The molecule has 0 unspecified atom stereocenters. The van der Waals surface area contributed by atoms with Gasteiger partial charge in [-0.1, -0.05) is 0 Å². The molecule has 12 heavy (non-hydrogen) atoms. The highest BCUT2D eigenvalue weighted by molar-refractivity contribution is 9.10. The Morgan fingerprint density at radius 1 is 1.42 bits per heavy atom. The van der Waals surface area contributed by atoms with Crippen molar-refractivity contribution in [2.24, 2.45) is 0 Å². The quantitative estimate of drug-likeness (QED) is 0.696. The minimum absolute atomic E-state index is 0.635. The summed E-state index contributed by atoms with van der Waals surface area (Å²) in [4.78, 5) is 8.24. The second-order valence-corrected chi connectivity index (χ2v) is 3.17. The molecular weight excluding hydrogens is 218 g/mol. The second kappa shape index (κ2) is 2.71. The molecule has 0 saturated carbocycles. The van der Waals surface area contributed by atoms with E-state index in [-0.39, 0.29) is 0 Å². The average Bonchev–Trinajstić information content (AvgIpc) is 2.07. The summed E-state index contributed by atoms with van der Waals surface area (Å²) < 4.78 is 0.647. The van der Waals surface area contributed by atoms with Gasteiger partial charge in [-0.2, -0.15) is 0 Å². The number of nitrogens with zero attached hydrogens (tertiary/aromatic N) is 2. The summed E-state index contributed by atoms with van der Waals surface area (Å²) >= 11 is 3.24. The molecule has 2 aromatic rings. The Morgan fingerprint density at radius 3 is 3.08 bits per heavy atom. The maximum Gasteiger partial charge on any atom is 0.160 e. The molecule has 0 aliphatic rings. The lowest BCUT2D eigenvalue weighted by Crippen LogP contribution is -1.91. The molecule has 0 aliphatic carbocycles. The van der Waals surface area contributed by atoms with E-state index >= 15 is 0 Å². The predicted molar refractivity (Wildman–Crippen MR) is 51.7 cm³/mol. The molecule has 60 valence electrons. The van der Waals surface area contributed by atoms with Gasteiger partial charge in [0.2, 0.25) is 0 Å². The molecule has 0 saturated heterocycles. The Bertz CT molecular complexity index is 387. The summed E-state index contributed by atoms with van der Waals surface area (Å²) in [6.07, 6.45) is 1.71. The summed E-state index contributed by atoms with van der Waals surface area (Å²) in [5.74, 6) is 0. The maximum absolute atomic E-state index is 5.65. The first kappa shape index (κ1) is 7.49. The monoisotopic (exact) mass is 223 g/mol.